The minimum Gasteiger partial charge on any atom is -0.364 e. The van der Waals surface area contributed by atoms with Crippen LogP contribution in [-0.2, 0) is 10.3 Å². The number of halogens is 2. The summed E-state index contributed by atoms with van der Waals surface area (Å²) in [5.74, 6) is 0. The Balaban J connectivity index is 1.88. The van der Waals surface area contributed by atoms with Gasteiger partial charge in [0.2, 0.25) is 0 Å². The topological polar surface area (TPSA) is 12.5 Å². The van der Waals surface area contributed by atoms with E-state index in [1.807, 2.05) is 12.1 Å². The second kappa shape index (κ2) is 6.08. The van der Waals surface area contributed by atoms with Gasteiger partial charge in [-0.25, -0.2) is 0 Å². The number of ether oxygens (including phenoxy) is 1. The third kappa shape index (κ3) is 2.72. The molecule has 0 aromatic heterocycles. The summed E-state index contributed by atoms with van der Waals surface area (Å²) < 4.78 is 6.44. The van der Waals surface area contributed by atoms with E-state index in [9.17, 15) is 0 Å². The highest BCUT2D eigenvalue weighted by Crippen LogP contribution is 2.49. The van der Waals surface area contributed by atoms with Gasteiger partial charge in [-0.1, -0.05) is 49.5 Å². The van der Waals surface area contributed by atoms with Crippen molar-refractivity contribution in [2.45, 2.75) is 57.3 Å². The molecule has 0 radical (unpaired) electrons. The third-order valence-corrected chi connectivity index (χ3v) is 5.66. The fraction of sp³-hybridized carbons (Fsp3) is 0.647. The van der Waals surface area contributed by atoms with Gasteiger partial charge in [0.1, 0.15) is 5.60 Å². The lowest BCUT2D eigenvalue weighted by molar-refractivity contribution is -0.101. The standard InChI is InChI=1S/C17H23Cl2NO/c1-3-5-8-20-11-17(10-15(20)16(4-2)21-17)12-6-7-13(18)14(19)9-12/h6-7,9,15-16H,3-5,8,10-11H2,1-2H3. The van der Waals surface area contributed by atoms with Gasteiger partial charge in [0.15, 0.2) is 0 Å². The van der Waals surface area contributed by atoms with Crippen molar-refractivity contribution >= 4 is 23.2 Å². The summed E-state index contributed by atoms with van der Waals surface area (Å²) in [5, 5.41) is 1.23. The van der Waals surface area contributed by atoms with E-state index in [2.05, 4.69) is 24.8 Å². The van der Waals surface area contributed by atoms with Crippen LogP contribution in [0.2, 0.25) is 10.0 Å². The molecule has 0 N–H and O–H groups in total. The van der Waals surface area contributed by atoms with E-state index in [4.69, 9.17) is 27.9 Å². The molecular weight excluding hydrogens is 305 g/mol. The SMILES string of the molecule is CCCCN1CC2(c3ccc(Cl)c(Cl)c3)CC1C(CC)O2. The number of unbranched alkanes of at least 4 members (excludes halogenated alkanes) is 1. The number of fused-ring (bicyclic) bond motifs is 2. The van der Waals surface area contributed by atoms with Crippen LogP contribution in [-0.4, -0.2) is 30.1 Å². The molecule has 2 fully saturated rings. The first-order valence-electron chi connectivity index (χ1n) is 7.97. The van der Waals surface area contributed by atoms with Crippen molar-refractivity contribution in [3.05, 3.63) is 33.8 Å². The van der Waals surface area contributed by atoms with Crippen LogP contribution >= 0.6 is 23.2 Å². The van der Waals surface area contributed by atoms with Crippen LogP contribution in [0.1, 0.15) is 45.1 Å². The van der Waals surface area contributed by atoms with Gasteiger partial charge in [-0.05, 0) is 43.5 Å². The molecule has 0 saturated carbocycles. The summed E-state index contributed by atoms with van der Waals surface area (Å²) in [6, 6.07) is 6.51. The summed E-state index contributed by atoms with van der Waals surface area (Å²) in [6.45, 7) is 6.61. The molecule has 4 heteroatoms. The molecule has 2 saturated heterocycles. The molecule has 3 unspecified atom stereocenters. The van der Waals surface area contributed by atoms with E-state index in [0.29, 0.717) is 22.2 Å². The van der Waals surface area contributed by atoms with Crippen LogP contribution in [0.25, 0.3) is 0 Å². The van der Waals surface area contributed by atoms with E-state index in [-0.39, 0.29) is 5.60 Å². The van der Waals surface area contributed by atoms with E-state index >= 15 is 0 Å². The van der Waals surface area contributed by atoms with Crippen LogP contribution in [0.5, 0.6) is 0 Å². The number of rotatable bonds is 5. The van der Waals surface area contributed by atoms with Crippen LogP contribution in [0.4, 0.5) is 0 Å². The van der Waals surface area contributed by atoms with Crippen molar-refractivity contribution in [3.8, 4) is 0 Å². The molecule has 21 heavy (non-hydrogen) atoms. The van der Waals surface area contributed by atoms with Gasteiger partial charge in [-0.2, -0.15) is 0 Å². The Kier molecular flexibility index (Phi) is 4.52. The number of hydrogen-bond donors (Lipinski definition) is 0. The van der Waals surface area contributed by atoms with Crippen LogP contribution in [0.3, 0.4) is 0 Å². The van der Waals surface area contributed by atoms with Crippen molar-refractivity contribution in [2.75, 3.05) is 13.1 Å². The fourth-order valence-corrected chi connectivity index (χ4v) is 4.11. The number of hydrogen-bond acceptors (Lipinski definition) is 2. The molecule has 2 bridgehead atoms. The Morgan fingerprint density at radius 2 is 2.10 bits per heavy atom. The molecule has 2 heterocycles. The molecule has 3 rings (SSSR count). The first-order chi connectivity index (χ1) is 10.1. The maximum atomic E-state index is 6.44. The second-order valence-corrected chi connectivity index (χ2v) is 7.10. The normalized spacial score (nSPS) is 32.0. The van der Waals surface area contributed by atoms with E-state index < -0.39 is 0 Å². The fourth-order valence-electron chi connectivity index (χ4n) is 3.82. The van der Waals surface area contributed by atoms with Gasteiger partial charge < -0.3 is 4.74 Å². The van der Waals surface area contributed by atoms with Gasteiger partial charge >= 0.3 is 0 Å². The lowest BCUT2D eigenvalue weighted by Crippen LogP contribution is -2.46. The average Bonchev–Trinajstić information content (AvgIpc) is 3.04. The quantitative estimate of drug-likeness (QED) is 0.764. The van der Waals surface area contributed by atoms with Crippen molar-refractivity contribution in [1.82, 2.24) is 4.90 Å². The molecule has 0 spiro atoms. The molecule has 0 aliphatic carbocycles. The molecule has 2 nitrogen and oxygen atoms in total. The summed E-state index contributed by atoms with van der Waals surface area (Å²) in [4.78, 5) is 2.61. The zero-order valence-corrected chi connectivity index (χ0v) is 14.3. The highest BCUT2D eigenvalue weighted by molar-refractivity contribution is 6.42. The summed E-state index contributed by atoms with van der Waals surface area (Å²) in [5.41, 5.74) is 0.990. The summed E-state index contributed by atoms with van der Waals surface area (Å²) in [6.07, 6.45) is 4.97. The summed E-state index contributed by atoms with van der Waals surface area (Å²) in [7, 11) is 0. The molecule has 0 amide bonds. The van der Waals surface area contributed by atoms with Crippen molar-refractivity contribution in [3.63, 3.8) is 0 Å². The molecule has 3 atom stereocenters. The van der Waals surface area contributed by atoms with Crippen LogP contribution in [0, 0.1) is 0 Å². The van der Waals surface area contributed by atoms with E-state index in [1.165, 1.54) is 24.9 Å². The zero-order chi connectivity index (χ0) is 15.0. The number of morpholine rings is 1. The highest BCUT2D eigenvalue weighted by Gasteiger charge is 2.55. The van der Waals surface area contributed by atoms with Gasteiger partial charge in [0.25, 0.3) is 0 Å². The monoisotopic (exact) mass is 327 g/mol. The van der Waals surface area contributed by atoms with Crippen molar-refractivity contribution in [2.24, 2.45) is 0 Å². The Hall–Kier alpha value is -0.280. The number of nitrogens with zero attached hydrogens (tertiary/aromatic N) is 1. The first kappa shape index (κ1) is 15.6. The number of benzene rings is 1. The predicted octanol–water partition coefficient (Wildman–Crippen LogP) is 4.87. The smallest absolute Gasteiger partial charge is 0.108 e. The Morgan fingerprint density at radius 1 is 1.29 bits per heavy atom. The van der Waals surface area contributed by atoms with Gasteiger partial charge in [0, 0.05) is 12.6 Å². The Morgan fingerprint density at radius 3 is 2.76 bits per heavy atom. The Bertz CT molecular complexity index is 522. The average molecular weight is 328 g/mol. The van der Waals surface area contributed by atoms with Gasteiger partial charge in [-0.15, -0.1) is 0 Å². The first-order valence-corrected chi connectivity index (χ1v) is 8.72. The minimum absolute atomic E-state index is 0.187. The van der Waals surface area contributed by atoms with E-state index in [1.54, 1.807) is 0 Å². The maximum absolute atomic E-state index is 6.44. The molecular formula is C17H23Cl2NO. The minimum atomic E-state index is -0.187. The maximum Gasteiger partial charge on any atom is 0.108 e. The highest BCUT2D eigenvalue weighted by atomic mass is 35.5. The molecule has 2 aliphatic rings. The van der Waals surface area contributed by atoms with Crippen LogP contribution < -0.4 is 0 Å². The molecule has 2 aliphatic heterocycles. The lowest BCUT2D eigenvalue weighted by Gasteiger charge is -2.38. The zero-order valence-electron chi connectivity index (χ0n) is 12.7. The predicted molar refractivity (Wildman–Crippen MR) is 88.2 cm³/mol. The largest absolute Gasteiger partial charge is 0.364 e. The summed E-state index contributed by atoms with van der Waals surface area (Å²) >= 11 is 12.3. The Labute approximate surface area is 137 Å². The molecule has 1 aromatic carbocycles. The van der Waals surface area contributed by atoms with Crippen LogP contribution in [0.15, 0.2) is 18.2 Å². The van der Waals surface area contributed by atoms with Gasteiger partial charge in [0.05, 0.1) is 16.1 Å². The van der Waals surface area contributed by atoms with Crippen molar-refractivity contribution < 1.29 is 4.74 Å². The second-order valence-electron chi connectivity index (χ2n) is 6.28. The molecule has 116 valence electrons. The van der Waals surface area contributed by atoms with Crippen molar-refractivity contribution in [1.29, 1.82) is 0 Å². The third-order valence-electron chi connectivity index (χ3n) is 4.92. The van der Waals surface area contributed by atoms with Gasteiger partial charge in [-0.3, -0.25) is 4.90 Å². The lowest BCUT2D eigenvalue weighted by atomic mass is 9.93. The number of likely N-dealkylation sites (tertiary alicyclic amines) is 1. The van der Waals surface area contributed by atoms with E-state index in [0.717, 1.165) is 19.4 Å². The molecule has 1 aromatic rings.